The van der Waals surface area contributed by atoms with E-state index in [1.54, 1.807) is 4.31 Å². The lowest BCUT2D eigenvalue weighted by Gasteiger charge is -2.29. The van der Waals surface area contributed by atoms with E-state index in [0.717, 1.165) is 57.9 Å². The number of hydrogen-bond donors (Lipinski definition) is 2. The average Bonchev–Trinajstić information content (AvgIpc) is 3.03. The number of halogens is 1. The lowest BCUT2D eigenvalue weighted by atomic mass is 9.98. The summed E-state index contributed by atoms with van der Waals surface area (Å²) in [6.45, 7) is 6.48. The third-order valence-corrected chi connectivity index (χ3v) is 5.72. The Balaban J connectivity index is 0.00000288. The van der Waals surface area contributed by atoms with Gasteiger partial charge in [0.25, 0.3) is 0 Å². The van der Waals surface area contributed by atoms with Crippen LogP contribution in [-0.2, 0) is 14.8 Å². The van der Waals surface area contributed by atoms with Gasteiger partial charge in [-0.3, -0.25) is 4.99 Å². The van der Waals surface area contributed by atoms with Crippen LogP contribution in [0.15, 0.2) is 4.99 Å². The van der Waals surface area contributed by atoms with E-state index in [1.165, 1.54) is 6.26 Å². The van der Waals surface area contributed by atoms with Gasteiger partial charge in [0.05, 0.1) is 12.4 Å². The molecule has 0 aromatic heterocycles. The van der Waals surface area contributed by atoms with Gasteiger partial charge in [0, 0.05) is 39.3 Å². The van der Waals surface area contributed by atoms with E-state index >= 15 is 0 Å². The standard InChI is InChI=1S/C15H30N4O3S.HI/c1-3-16-15(18-12-14-5-4-10-22-14)17-11-13-6-8-19(9-7-13)23(2,20)21;/h13-14H,3-12H2,1-2H3,(H2,16,17,18);1H. The fourth-order valence-electron chi connectivity index (χ4n) is 3.00. The highest BCUT2D eigenvalue weighted by Gasteiger charge is 2.24. The minimum Gasteiger partial charge on any atom is -0.376 e. The Morgan fingerprint density at radius 2 is 1.96 bits per heavy atom. The number of rotatable bonds is 6. The van der Waals surface area contributed by atoms with Crippen LogP contribution in [0.5, 0.6) is 0 Å². The summed E-state index contributed by atoms with van der Waals surface area (Å²) in [5, 5.41) is 6.60. The zero-order chi connectivity index (χ0) is 16.7. The molecule has 2 rings (SSSR count). The molecule has 1 atom stereocenters. The normalized spacial score (nSPS) is 23.8. The fraction of sp³-hybridized carbons (Fsp3) is 0.933. The van der Waals surface area contributed by atoms with Gasteiger partial charge >= 0.3 is 0 Å². The van der Waals surface area contributed by atoms with Crippen LogP contribution in [-0.4, -0.2) is 70.4 Å². The lowest BCUT2D eigenvalue weighted by molar-refractivity contribution is 0.114. The summed E-state index contributed by atoms with van der Waals surface area (Å²) in [5.74, 6) is 1.28. The van der Waals surface area contributed by atoms with E-state index in [9.17, 15) is 8.42 Å². The molecule has 0 radical (unpaired) electrons. The summed E-state index contributed by atoms with van der Waals surface area (Å²) >= 11 is 0. The van der Waals surface area contributed by atoms with Crippen LogP contribution in [0.4, 0.5) is 0 Å². The Hall–Kier alpha value is -0.130. The fourth-order valence-corrected chi connectivity index (χ4v) is 3.88. The zero-order valence-electron chi connectivity index (χ0n) is 14.7. The van der Waals surface area contributed by atoms with Crippen molar-refractivity contribution in [2.45, 2.75) is 38.7 Å². The van der Waals surface area contributed by atoms with Gasteiger partial charge in [-0.1, -0.05) is 0 Å². The molecule has 9 heteroatoms. The monoisotopic (exact) mass is 474 g/mol. The first kappa shape index (κ1) is 21.9. The number of sulfonamides is 1. The zero-order valence-corrected chi connectivity index (χ0v) is 17.8. The maximum Gasteiger partial charge on any atom is 0.211 e. The van der Waals surface area contributed by atoms with E-state index in [-0.39, 0.29) is 30.1 Å². The van der Waals surface area contributed by atoms with Gasteiger partial charge in [0.1, 0.15) is 0 Å². The van der Waals surface area contributed by atoms with Crippen molar-refractivity contribution in [2.75, 3.05) is 45.6 Å². The van der Waals surface area contributed by atoms with Crippen molar-refractivity contribution in [1.29, 1.82) is 0 Å². The number of piperidine rings is 1. The number of ether oxygens (including phenoxy) is 1. The van der Waals surface area contributed by atoms with Crippen molar-refractivity contribution in [3.05, 3.63) is 0 Å². The molecule has 0 amide bonds. The number of aliphatic imine (C=N–C) groups is 1. The van der Waals surface area contributed by atoms with Crippen molar-refractivity contribution in [3.63, 3.8) is 0 Å². The minimum atomic E-state index is -3.05. The summed E-state index contributed by atoms with van der Waals surface area (Å²) in [7, 11) is -3.05. The molecule has 2 aliphatic heterocycles. The third kappa shape index (κ3) is 7.40. The molecule has 2 aliphatic rings. The van der Waals surface area contributed by atoms with E-state index < -0.39 is 10.0 Å². The highest BCUT2D eigenvalue weighted by Crippen LogP contribution is 2.19. The van der Waals surface area contributed by atoms with E-state index in [0.29, 0.717) is 19.0 Å². The molecule has 142 valence electrons. The van der Waals surface area contributed by atoms with Crippen LogP contribution in [0.25, 0.3) is 0 Å². The van der Waals surface area contributed by atoms with E-state index in [1.807, 2.05) is 6.92 Å². The van der Waals surface area contributed by atoms with Gasteiger partial charge in [-0.25, -0.2) is 12.7 Å². The molecule has 2 fully saturated rings. The highest BCUT2D eigenvalue weighted by molar-refractivity contribution is 14.0. The molecule has 0 aromatic rings. The molecule has 0 bridgehead atoms. The van der Waals surface area contributed by atoms with Gasteiger partial charge in [-0.15, -0.1) is 24.0 Å². The Morgan fingerprint density at radius 1 is 1.25 bits per heavy atom. The number of hydrogen-bond acceptors (Lipinski definition) is 4. The van der Waals surface area contributed by atoms with E-state index in [4.69, 9.17) is 4.74 Å². The quantitative estimate of drug-likeness (QED) is 0.341. The van der Waals surface area contributed by atoms with Gasteiger partial charge in [-0.05, 0) is 38.5 Å². The Morgan fingerprint density at radius 3 is 2.50 bits per heavy atom. The van der Waals surface area contributed by atoms with Crippen LogP contribution in [0, 0.1) is 5.92 Å². The topological polar surface area (TPSA) is 83.0 Å². The molecular weight excluding hydrogens is 443 g/mol. The van der Waals surface area contributed by atoms with Crippen LogP contribution in [0.3, 0.4) is 0 Å². The minimum absolute atomic E-state index is 0. The molecule has 0 aliphatic carbocycles. The van der Waals surface area contributed by atoms with Crippen LogP contribution in [0.1, 0.15) is 32.6 Å². The first-order valence-electron chi connectivity index (χ1n) is 8.58. The molecule has 24 heavy (non-hydrogen) atoms. The SMILES string of the molecule is CCNC(=NCC1CCN(S(C)(=O)=O)CC1)NCC1CCCO1.I. The molecular formula is C15H31IN4O3S. The van der Waals surface area contributed by atoms with Crippen LogP contribution < -0.4 is 10.6 Å². The van der Waals surface area contributed by atoms with Crippen molar-refractivity contribution in [3.8, 4) is 0 Å². The smallest absolute Gasteiger partial charge is 0.211 e. The summed E-state index contributed by atoms with van der Waals surface area (Å²) in [5.41, 5.74) is 0. The predicted octanol–water partition coefficient (Wildman–Crippen LogP) is 1.01. The van der Waals surface area contributed by atoms with Gasteiger partial charge in [0.15, 0.2) is 5.96 Å². The summed E-state index contributed by atoms with van der Waals surface area (Å²) in [6.07, 6.45) is 5.57. The number of nitrogens with zero attached hydrogens (tertiary/aromatic N) is 2. The van der Waals surface area contributed by atoms with Crippen molar-refractivity contribution in [2.24, 2.45) is 10.9 Å². The van der Waals surface area contributed by atoms with Crippen molar-refractivity contribution >= 4 is 40.0 Å². The predicted molar refractivity (Wildman–Crippen MR) is 108 cm³/mol. The Bertz CT molecular complexity index is 487. The Labute approximate surface area is 163 Å². The molecule has 2 N–H and O–H groups in total. The first-order valence-corrected chi connectivity index (χ1v) is 10.4. The maximum atomic E-state index is 11.5. The molecule has 0 saturated carbocycles. The molecule has 1 unspecified atom stereocenters. The second-order valence-electron chi connectivity index (χ2n) is 6.34. The molecule has 2 heterocycles. The Kier molecular flexibility index (Phi) is 9.83. The molecule has 2 saturated heterocycles. The van der Waals surface area contributed by atoms with Crippen LogP contribution >= 0.6 is 24.0 Å². The lowest BCUT2D eigenvalue weighted by Crippen LogP contribution is -2.42. The maximum absolute atomic E-state index is 11.5. The van der Waals surface area contributed by atoms with Gasteiger partial charge < -0.3 is 15.4 Å². The molecule has 0 aromatic carbocycles. The summed E-state index contributed by atoms with van der Waals surface area (Å²) in [6, 6.07) is 0. The largest absolute Gasteiger partial charge is 0.376 e. The highest BCUT2D eigenvalue weighted by atomic mass is 127. The number of guanidine groups is 1. The van der Waals surface area contributed by atoms with E-state index in [2.05, 4.69) is 15.6 Å². The third-order valence-electron chi connectivity index (χ3n) is 4.42. The van der Waals surface area contributed by atoms with Crippen LogP contribution in [0.2, 0.25) is 0 Å². The molecule has 7 nitrogen and oxygen atoms in total. The second-order valence-corrected chi connectivity index (χ2v) is 8.32. The van der Waals surface area contributed by atoms with Gasteiger partial charge in [-0.2, -0.15) is 0 Å². The summed E-state index contributed by atoms with van der Waals surface area (Å²) < 4.78 is 30.2. The average molecular weight is 474 g/mol. The first-order chi connectivity index (χ1) is 11.0. The molecule has 0 spiro atoms. The summed E-state index contributed by atoms with van der Waals surface area (Å²) in [4.78, 5) is 4.66. The second kappa shape index (κ2) is 10.8. The van der Waals surface area contributed by atoms with Crippen molar-refractivity contribution in [1.82, 2.24) is 14.9 Å². The van der Waals surface area contributed by atoms with Crippen molar-refractivity contribution < 1.29 is 13.2 Å². The number of nitrogens with one attached hydrogen (secondary N) is 2. The van der Waals surface area contributed by atoms with Gasteiger partial charge in [0.2, 0.25) is 10.0 Å².